The zero-order chi connectivity index (χ0) is 20.8. The lowest BCUT2D eigenvalue weighted by atomic mass is 9.97. The Labute approximate surface area is 177 Å². The van der Waals surface area contributed by atoms with Crippen molar-refractivity contribution in [2.75, 3.05) is 44.2 Å². The largest absolute Gasteiger partial charge is 0.355 e. The van der Waals surface area contributed by atoms with E-state index in [2.05, 4.69) is 25.1 Å². The van der Waals surface area contributed by atoms with Crippen LogP contribution in [0.1, 0.15) is 32.1 Å². The van der Waals surface area contributed by atoms with Gasteiger partial charge in [0, 0.05) is 44.1 Å². The number of nitrogens with zero attached hydrogens (tertiary/aromatic N) is 4. The van der Waals surface area contributed by atoms with Gasteiger partial charge in [-0.1, -0.05) is 18.6 Å². The summed E-state index contributed by atoms with van der Waals surface area (Å²) in [7, 11) is 0. The second-order valence-electron chi connectivity index (χ2n) is 8.26. The number of aromatic nitrogens is 2. The molecule has 0 radical (unpaired) electrons. The van der Waals surface area contributed by atoms with Crippen molar-refractivity contribution in [3.05, 3.63) is 42.5 Å². The topological polar surface area (TPSA) is 61.4 Å². The highest BCUT2D eigenvalue weighted by Crippen LogP contribution is 2.23. The maximum atomic E-state index is 13.4. The minimum Gasteiger partial charge on any atom is -0.355 e. The van der Waals surface area contributed by atoms with Gasteiger partial charge in [0.15, 0.2) is 0 Å². The molecule has 1 N–H and O–H groups in total. The van der Waals surface area contributed by atoms with Crippen LogP contribution in [0.15, 0.2) is 36.7 Å². The maximum Gasteiger partial charge on any atom is 0.225 e. The smallest absolute Gasteiger partial charge is 0.225 e. The lowest BCUT2D eigenvalue weighted by molar-refractivity contribution is -0.125. The van der Waals surface area contributed by atoms with Gasteiger partial charge in [0.1, 0.15) is 5.82 Å². The Hall–Kier alpha value is -2.54. The van der Waals surface area contributed by atoms with E-state index in [1.54, 1.807) is 18.5 Å². The molecule has 2 saturated heterocycles. The Balaban J connectivity index is 1.30. The number of rotatable bonds is 6. The minimum absolute atomic E-state index is 0.0356. The molecule has 3 heterocycles. The number of hydrogen-bond acceptors (Lipinski definition) is 5. The molecule has 4 rings (SSSR count). The van der Waals surface area contributed by atoms with Gasteiger partial charge in [-0.25, -0.2) is 14.4 Å². The van der Waals surface area contributed by atoms with Crippen molar-refractivity contribution in [3.63, 3.8) is 0 Å². The van der Waals surface area contributed by atoms with Crippen LogP contribution in [-0.2, 0) is 4.79 Å². The highest BCUT2D eigenvalue weighted by molar-refractivity contribution is 5.79. The first-order valence-electron chi connectivity index (χ1n) is 11.0. The van der Waals surface area contributed by atoms with E-state index in [1.807, 2.05) is 6.07 Å². The number of carbonyl (C=O) groups excluding carboxylic acids is 1. The third-order valence-electron chi connectivity index (χ3n) is 6.05. The molecule has 0 saturated carbocycles. The van der Waals surface area contributed by atoms with Gasteiger partial charge in [0.2, 0.25) is 11.9 Å². The standard InChI is InChI=1S/C23H30FN5O/c24-21-8-4-6-18(14-21)20-15-26-23(27-16-20)29-12-5-7-19(17-29)22(30)25-9-13-28-10-2-1-3-11-28/h4,6,8,14-16,19H,1-3,5,7,9-13,17H2,(H,25,30)/t19-/m0/s1. The molecule has 0 unspecified atom stereocenters. The first-order chi connectivity index (χ1) is 14.7. The second-order valence-corrected chi connectivity index (χ2v) is 8.26. The number of carbonyl (C=O) groups is 1. The van der Waals surface area contributed by atoms with E-state index in [1.165, 1.54) is 31.4 Å². The number of piperidine rings is 2. The van der Waals surface area contributed by atoms with Gasteiger partial charge in [-0.2, -0.15) is 0 Å². The van der Waals surface area contributed by atoms with Crippen molar-refractivity contribution in [3.8, 4) is 11.1 Å². The molecule has 1 aromatic heterocycles. The monoisotopic (exact) mass is 411 g/mol. The molecule has 0 bridgehead atoms. The number of nitrogens with one attached hydrogen (secondary N) is 1. The lowest BCUT2D eigenvalue weighted by Gasteiger charge is -2.32. The minimum atomic E-state index is -0.276. The van der Waals surface area contributed by atoms with Crippen LogP contribution in [0.2, 0.25) is 0 Å². The molecule has 7 heteroatoms. The van der Waals surface area contributed by atoms with Crippen LogP contribution in [0.5, 0.6) is 0 Å². The zero-order valence-corrected chi connectivity index (χ0v) is 17.4. The van der Waals surface area contributed by atoms with Crippen LogP contribution in [0, 0.1) is 11.7 Å². The van der Waals surface area contributed by atoms with Gasteiger partial charge in [-0.3, -0.25) is 4.79 Å². The fourth-order valence-corrected chi connectivity index (χ4v) is 4.34. The van der Waals surface area contributed by atoms with Gasteiger partial charge >= 0.3 is 0 Å². The number of hydrogen-bond donors (Lipinski definition) is 1. The van der Waals surface area contributed by atoms with Crippen molar-refractivity contribution in [1.29, 1.82) is 0 Å². The Morgan fingerprint density at radius 2 is 1.87 bits per heavy atom. The number of amides is 1. The summed E-state index contributed by atoms with van der Waals surface area (Å²) < 4.78 is 13.4. The van der Waals surface area contributed by atoms with E-state index in [9.17, 15) is 9.18 Å². The molecule has 1 aromatic carbocycles. The third kappa shape index (κ3) is 5.33. The number of anilines is 1. The van der Waals surface area contributed by atoms with Crippen molar-refractivity contribution in [1.82, 2.24) is 20.2 Å². The number of likely N-dealkylation sites (tertiary alicyclic amines) is 1. The molecular formula is C23H30FN5O. The molecule has 2 aliphatic heterocycles. The van der Waals surface area contributed by atoms with Crippen molar-refractivity contribution < 1.29 is 9.18 Å². The summed E-state index contributed by atoms with van der Waals surface area (Å²) in [6, 6.07) is 6.41. The Bertz CT molecular complexity index is 838. The molecule has 2 fully saturated rings. The molecule has 6 nitrogen and oxygen atoms in total. The third-order valence-corrected chi connectivity index (χ3v) is 6.05. The van der Waals surface area contributed by atoms with E-state index in [0.29, 0.717) is 19.0 Å². The van der Waals surface area contributed by atoms with E-state index < -0.39 is 0 Å². The van der Waals surface area contributed by atoms with E-state index in [0.717, 1.165) is 50.1 Å². The van der Waals surface area contributed by atoms with Crippen molar-refractivity contribution in [2.45, 2.75) is 32.1 Å². The summed E-state index contributed by atoms with van der Waals surface area (Å²) in [4.78, 5) is 26.1. The van der Waals surface area contributed by atoms with Crippen LogP contribution < -0.4 is 10.2 Å². The average molecular weight is 412 g/mol. The Kier molecular flexibility index (Phi) is 6.89. The SMILES string of the molecule is O=C(NCCN1CCCCC1)[C@H]1CCCN(c2ncc(-c3cccc(F)c3)cn2)C1. The normalized spacial score (nSPS) is 20.2. The summed E-state index contributed by atoms with van der Waals surface area (Å²) in [5.41, 5.74) is 1.54. The maximum absolute atomic E-state index is 13.4. The van der Waals surface area contributed by atoms with Gasteiger partial charge < -0.3 is 15.1 Å². The van der Waals surface area contributed by atoms with Crippen molar-refractivity contribution in [2.24, 2.45) is 5.92 Å². The Morgan fingerprint density at radius 3 is 2.63 bits per heavy atom. The van der Waals surface area contributed by atoms with Crippen LogP contribution in [0.4, 0.5) is 10.3 Å². The molecule has 0 spiro atoms. The van der Waals surface area contributed by atoms with Gasteiger partial charge in [0.25, 0.3) is 0 Å². The molecule has 30 heavy (non-hydrogen) atoms. The molecule has 1 amide bonds. The zero-order valence-electron chi connectivity index (χ0n) is 17.4. The second kappa shape index (κ2) is 9.98. The Morgan fingerprint density at radius 1 is 1.07 bits per heavy atom. The highest BCUT2D eigenvalue weighted by atomic mass is 19.1. The summed E-state index contributed by atoms with van der Waals surface area (Å²) in [5, 5.41) is 3.12. The molecule has 0 aliphatic carbocycles. The van der Waals surface area contributed by atoms with Crippen LogP contribution >= 0.6 is 0 Å². The van der Waals surface area contributed by atoms with Crippen LogP contribution in [0.25, 0.3) is 11.1 Å². The molecular weight excluding hydrogens is 381 g/mol. The van der Waals surface area contributed by atoms with Gasteiger partial charge in [0.05, 0.1) is 5.92 Å². The van der Waals surface area contributed by atoms with E-state index in [4.69, 9.17) is 0 Å². The summed E-state index contributed by atoms with van der Waals surface area (Å²) in [6.07, 6.45) is 9.14. The molecule has 2 aliphatic rings. The summed E-state index contributed by atoms with van der Waals surface area (Å²) in [5.74, 6) is 0.447. The van der Waals surface area contributed by atoms with E-state index in [-0.39, 0.29) is 17.6 Å². The molecule has 160 valence electrons. The predicted octanol–water partition coefficient (Wildman–Crippen LogP) is 3.10. The van der Waals surface area contributed by atoms with Gasteiger partial charge in [-0.15, -0.1) is 0 Å². The fraction of sp³-hybridized carbons (Fsp3) is 0.522. The highest BCUT2D eigenvalue weighted by Gasteiger charge is 2.27. The number of benzene rings is 1. The molecule has 2 aromatic rings. The predicted molar refractivity (Wildman–Crippen MR) is 116 cm³/mol. The van der Waals surface area contributed by atoms with Crippen molar-refractivity contribution >= 4 is 11.9 Å². The molecule has 1 atom stereocenters. The van der Waals surface area contributed by atoms with Crippen LogP contribution in [0.3, 0.4) is 0 Å². The first kappa shape index (κ1) is 20.7. The average Bonchev–Trinajstić information content (AvgIpc) is 2.80. The van der Waals surface area contributed by atoms with Gasteiger partial charge in [-0.05, 0) is 56.5 Å². The fourth-order valence-electron chi connectivity index (χ4n) is 4.34. The summed E-state index contributed by atoms with van der Waals surface area (Å²) >= 11 is 0. The first-order valence-corrected chi connectivity index (χ1v) is 11.0. The van der Waals surface area contributed by atoms with Crippen LogP contribution in [-0.4, -0.2) is 60.0 Å². The van der Waals surface area contributed by atoms with E-state index >= 15 is 0 Å². The quantitative estimate of drug-likeness (QED) is 0.792. The number of halogens is 1. The lowest BCUT2D eigenvalue weighted by Crippen LogP contribution is -2.45. The summed E-state index contributed by atoms with van der Waals surface area (Å²) in [6.45, 7) is 5.43.